The highest BCUT2D eigenvalue weighted by atomic mass is 16.5. The quantitative estimate of drug-likeness (QED) is 0.413. The van der Waals surface area contributed by atoms with Gasteiger partial charge in [0, 0.05) is 48.8 Å². The summed E-state index contributed by atoms with van der Waals surface area (Å²) in [5.41, 5.74) is 3.45. The van der Waals surface area contributed by atoms with E-state index in [4.69, 9.17) is 4.74 Å². The molecule has 3 heterocycles. The van der Waals surface area contributed by atoms with Gasteiger partial charge in [-0.25, -0.2) is 0 Å². The maximum atomic E-state index is 13.4. The molecule has 0 radical (unpaired) electrons. The maximum Gasteiger partial charge on any atom is 0.256 e. The van der Waals surface area contributed by atoms with Gasteiger partial charge in [-0.1, -0.05) is 18.2 Å². The number of pyridine rings is 1. The van der Waals surface area contributed by atoms with Gasteiger partial charge in [-0.3, -0.25) is 14.4 Å². The van der Waals surface area contributed by atoms with Crippen molar-refractivity contribution in [3.63, 3.8) is 0 Å². The summed E-state index contributed by atoms with van der Waals surface area (Å²) in [4.78, 5) is 42.2. The van der Waals surface area contributed by atoms with E-state index in [-0.39, 0.29) is 23.9 Å². The molecule has 2 amide bonds. The first-order chi connectivity index (χ1) is 17.8. The van der Waals surface area contributed by atoms with Crippen molar-refractivity contribution in [3.8, 4) is 5.75 Å². The van der Waals surface area contributed by atoms with Crippen molar-refractivity contribution in [1.82, 2.24) is 25.1 Å². The average Bonchev–Trinajstić information content (AvgIpc) is 3.14. The molecule has 1 saturated heterocycles. The van der Waals surface area contributed by atoms with Gasteiger partial charge in [0.05, 0.1) is 24.8 Å². The average molecular weight is 508 g/mol. The molecular formula is C28H37N5O4. The van der Waals surface area contributed by atoms with E-state index in [0.29, 0.717) is 35.0 Å². The number of aromatic amines is 1. The first-order valence-electron chi connectivity index (χ1n) is 12.9. The predicted molar refractivity (Wildman–Crippen MR) is 144 cm³/mol. The Morgan fingerprint density at radius 3 is 2.57 bits per heavy atom. The third kappa shape index (κ3) is 6.05. The third-order valence-electron chi connectivity index (χ3n) is 7.28. The van der Waals surface area contributed by atoms with Crippen LogP contribution >= 0.6 is 0 Å². The van der Waals surface area contributed by atoms with Crippen LogP contribution in [-0.2, 0) is 17.9 Å². The normalized spacial score (nSPS) is 14.6. The van der Waals surface area contributed by atoms with Crippen molar-refractivity contribution in [2.45, 2.75) is 46.7 Å². The largest absolute Gasteiger partial charge is 0.496 e. The minimum Gasteiger partial charge on any atom is -0.496 e. The molecule has 9 nitrogen and oxygen atoms in total. The van der Waals surface area contributed by atoms with Gasteiger partial charge in [0.25, 0.3) is 11.5 Å². The van der Waals surface area contributed by atoms with Crippen LogP contribution < -0.4 is 20.9 Å². The van der Waals surface area contributed by atoms with Crippen molar-refractivity contribution in [2.75, 3.05) is 33.3 Å². The molecule has 37 heavy (non-hydrogen) atoms. The number of carbonyl (C=O) groups is 2. The smallest absolute Gasteiger partial charge is 0.256 e. The molecule has 0 unspecified atom stereocenters. The van der Waals surface area contributed by atoms with Crippen molar-refractivity contribution < 1.29 is 14.3 Å². The van der Waals surface area contributed by atoms with Crippen molar-refractivity contribution in [1.29, 1.82) is 0 Å². The number of likely N-dealkylation sites (tertiary alicyclic amines) is 1. The monoisotopic (exact) mass is 507 g/mol. The predicted octanol–water partition coefficient (Wildman–Crippen LogP) is 2.73. The van der Waals surface area contributed by atoms with Crippen molar-refractivity contribution in [3.05, 3.63) is 63.2 Å². The molecule has 0 spiro atoms. The molecule has 0 atom stereocenters. The molecule has 4 rings (SSSR count). The summed E-state index contributed by atoms with van der Waals surface area (Å²) in [6.45, 7) is 9.82. The van der Waals surface area contributed by atoms with Gasteiger partial charge in [-0.2, -0.15) is 0 Å². The van der Waals surface area contributed by atoms with E-state index >= 15 is 0 Å². The van der Waals surface area contributed by atoms with Gasteiger partial charge in [-0.15, -0.1) is 0 Å². The van der Waals surface area contributed by atoms with Crippen LogP contribution in [0.4, 0.5) is 0 Å². The van der Waals surface area contributed by atoms with Gasteiger partial charge in [0.15, 0.2) is 0 Å². The highest BCUT2D eigenvalue weighted by molar-refractivity contribution is 6.08. The zero-order valence-corrected chi connectivity index (χ0v) is 22.1. The summed E-state index contributed by atoms with van der Waals surface area (Å²) < 4.78 is 7.63. The zero-order chi connectivity index (χ0) is 26.5. The number of hydrogen-bond donors (Lipinski definition) is 3. The molecule has 2 aromatic heterocycles. The Hall–Kier alpha value is -3.59. The van der Waals surface area contributed by atoms with Crippen LogP contribution in [0.1, 0.15) is 47.1 Å². The lowest BCUT2D eigenvalue weighted by Gasteiger charge is -2.32. The molecular weight excluding hydrogens is 470 g/mol. The number of para-hydroxylation sites is 1. The number of carbonyl (C=O) groups excluding carboxylic acids is 2. The number of amides is 2. The lowest BCUT2D eigenvalue weighted by atomic mass is 9.96. The second kappa shape index (κ2) is 11.6. The van der Waals surface area contributed by atoms with E-state index in [1.54, 1.807) is 19.9 Å². The van der Waals surface area contributed by atoms with E-state index in [2.05, 4.69) is 31.2 Å². The lowest BCUT2D eigenvalue weighted by molar-refractivity contribution is -0.119. The third-order valence-corrected chi connectivity index (χ3v) is 7.28. The molecule has 0 bridgehead atoms. The molecule has 0 aliphatic carbocycles. The molecule has 9 heteroatoms. The number of nitrogens with zero attached hydrogens (tertiary/aromatic N) is 2. The fourth-order valence-corrected chi connectivity index (χ4v) is 5.29. The second-order valence-electron chi connectivity index (χ2n) is 9.87. The second-order valence-corrected chi connectivity index (χ2v) is 9.87. The highest BCUT2D eigenvalue weighted by Gasteiger charge is 2.24. The molecule has 0 saturated carbocycles. The number of hydrogen-bond acceptors (Lipinski definition) is 5. The number of benzene rings is 1. The molecule has 198 valence electrons. The van der Waals surface area contributed by atoms with Crippen LogP contribution in [0.2, 0.25) is 0 Å². The highest BCUT2D eigenvalue weighted by Crippen LogP contribution is 2.29. The van der Waals surface area contributed by atoms with Crippen LogP contribution in [0.15, 0.2) is 35.1 Å². The number of aromatic nitrogens is 2. The minimum atomic E-state index is -0.264. The van der Waals surface area contributed by atoms with Gasteiger partial charge in [-0.05, 0) is 57.8 Å². The first-order valence-corrected chi connectivity index (χ1v) is 12.9. The molecule has 1 aliphatic rings. The molecule has 1 aliphatic heterocycles. The van der Waals surface area contributed by atoms with E-state index in [9.17, 15) is 14.4 Å². The number of methoxy groups -OCH3 is 1. The number of rotatable bonds is 9. The molecule has 3 aromatic rings. The molecule has 1 aromatic carbocycles. The Balaban J connectivity index is 1.48. The summed E-state index contributed by atoms with van der Waals surface area (Å²) in [5.74, 6) is 0.777. The van der Waals surface area contributed by atoms with E-state index < -0.39 is 0 Å². The number of nitrogens with one attached hydrogen (secondary N) is 3. The Kier molecular flexibility index (Phi) is 8.33. The number of ether oxygens (including phenoxy) is 1. The Bertz CT molecular complexity index is 1330. The van der Waals surface area contributed by atoms with Gasteiger partial charge < -0.3 is 29.8 Å². The first kappa shape index (κ1) is 26.5. The number of H-pyrrole nitrogens is 1. The number of aryl methyl sites for hydroxylation is 1. The topological polar surface area (TPSA) is 108 Å². The lowest BCUT2D eigenvalue weighted by Crippen LogP contribution is -2.39. The van der Waals surface area contributed by atoms with Crippen LogP contribution in [0.25, 0.3) is 10.9 Å². The minimum absolute atomic E-state index is 0.00879. The van der Waals surface area contributed by atoms with Crippen LogP contribution in [-0.4, -0.2) is 59.6 Å². The Morgan fingerprint density at radius 2 is 1.86 bits per heavy atom. The van der Waals surface area contributed by atoms with E-state index in [1.807, 2.05) is 25.1 Å². The van der Waals surface area contributed by atoms with Crippen LogP contribution in [0.5, 0.6) is 5.75 Å². The number of piperidine rings is 1. The number of fused-ring (bicyclic) bond motifs is 1. The SMILES string of the molecule is COc1cc(C)[nH]c(=O)c1CNC(=O)c1c(C)n(CC2CCN(CCNC(C)=O)CC2)c2ccccc12. The van der Waals surface area contributed by atoms with Gasteiger partial charge >= 0.3 is 0 Å². The summed E-state index contributed by atoms with van der Waals surface area (Å²) in [6.07, 6.45) is 2.15. The van der Waals surface area contributed by atoms with Gasteiger partial charge in [0.1, 0.15) is 5.75 Å². The summed E-state index contributed by atoms with van der Waals surface area (Å²) in [5, 5.41) is 6.73. The summed E-state index contributed by atoms with van der Waals surface area (Å²) >= 11 is 0. The zero-order valence-electron chi connectivity index (χ0n) is 22.1. The van der Waals surface area contributed by atoms with Crippen LogP contribution in [0.3, 0.4) is 0 Å². The van der Waals surface area contributed by atoms with E-state index in [1.165, 1.54) is 7.11 Å². The fourth-order valence-electron chi connectivity index (χ4n) is 5.29. The standard InChI is InChI=1S/C28H37N5O4/c1-18-15-25(37-4)23(27(35)31-18)16-30-28(36)26-19(2)33(24-8-6-5-7-22(24)26)17-21-9-12-32(13-10-21)14-11-29-20(3)34/h5-8,15,21H,9-14,16-17H2,1-4H3,(H,29,34)(H,30,36)(H,31,35). The van der Waals surface area contributed by atoms with E-state index in [0.717, 1.165) is 55.6 Å². The van der Waals surface area contributed by atoms with Crippen molar-refractivity contribution in [2.24, 2.45) is 5.92 Å². The van der Waals surface area contributed by atoms with Crippen molar-refractivity contribution >= 4 is 22.7 Å². The summed E-state index contributed by atoms with van der Waals surface area (Å²) in [7, 11) is 1.52. The Labute approximate surface area is 217 Å². The molecule has 3 N–H and O–H groups in total. The molecule has 1 fully saturated rings. The Morgan fingerprint density at radius 1 is 1.14 bits per heavy atom. The van der Waals surface area contributed by atoms with Crippen LogP contribution in [0, 0.1) is 19.8 Å². The summed E-state index contributed by atoms with van der Waals surface area (Å²) in [6, 6.07) is 9.75. The maximum absolute atomic E-state index is 13.4. The van der Waals surface area contributed by atoms with Gasteiger partial charge in [0.2, 0.25) is 5.91 Å². The fraction of sp³-hybridized carbons (Fsp3) is 0.464.